The van der Waals surface area contributed by atoms with Crippen LogP contribution < -0.4 is 9.64 Å². The van der Waals surface area contributed by atoms with E-state index in [4.69, 9.17) is 4.74 Å². The monoisotopic (exact) mass is 389 g/mol. The van der Waals surface area contributed by atoms with E-state index in [1.54, 1.807) is 7.11 Å². The number of nitriles is 1. The third-order valence-corrected chi connectivity index (χ3v) is 5.21. The summed E-state index contributed by atoms with van der Waals surface area (Å²) in [5.41, 5.74) is 2.97. The number of ether oxygens (including phenoxy) is 1. The van der Waals surface area contributed by atoms with Crippen molar-refractivity contribution in [3.63, 3.8) is 0 Å². The first kappa shape index (κ1) is 18.8. The van der Waals surface area contributed by atoms with Crippen LogP contribution in [0.5, 0.6) is 5.75 Å². The number of para-hydroxylation sites is 2. The van der Waals surface area contributed by atoms with Crippen molar-refractivity contribution in [1.82, 2.24) is 14.9 Å². The van der Waals surface area contributed by atoms with Crippen LogP contribution in [0.4, 0.5) is 5.69 Å². The minimum atomic E-state index is 0.0458. The predicted molar refractivity (Wildman–Crippen MR) is 113 cm³/mol. The van der Waals surface area contributed by atoms with Crippen LogP contribution >= 0.6 is 0 Å². The van der Waals surface area contributed by atoms with Gasteiger partial charge in [-0.3, -0.25) is 4.90 Å². The zero-order valence-corrected chi connectivity index (χ0v) is 16.3. The summed E-state index contributed by atoms with van der Waals surface area (Å²) in [6.07, 6.45) is 0. The van der Waals surface area contributed by atoms with Gasteiger partial charge in [0.2, 0.25) is 0 Å². The maximum Gasteiger partial charge on any atom is 0.152 e. The number of benzene rings is 2. The van der Waals surface area contributed by atoms with Gasteiger partial charge in [0.1, 0.15) is 23.2 Å². The molecule has 0 amide bonds. The molecule has 0 unspecified atom stereocenters. The lowest BCUT2D eigenvalue weighted by molar-refractivity contribution is 0.239. The highest BCUT2D eigenvalue weighted by atomic mass is 16.5. The first-order valence-electron chi connectivity index (χ1n) is 9.56. The van der Waals surface area contributed by atoms with E-state index in [0.29, 0.717) is 12.4 Å². The fraction of sp³-hybridized carbons (Fsp3) is 0.273. The number of hydrogen-bond donors (Lipinski definition) is 2. The highest BCUT2D eigenvalue weighted by Crippen LogP contribution is 2.22. The number of nitrogens with one attached hydrogen (secondary N) is 1. The molecule has 1 aliphatic heterocycles. The number of aromatic amines is 1. The van der Waals surface area contributed by atoms with Crippen molar-refractivity contribution in [1.29, 1.82) is 5.26 Å². The Hall–Kier alpha value is -3.50. The van der Waals surface area contributed by atoms with Gasteiger partial charge in [0.15, 0.2) is 5.82 Å². The van der Waals surface area contributed by atoms with Crippen LogP contribution in [0.3, 0.4) is 0 Å². The highest BCUT2D eigenvalue weighted by molar-refractivity contribution is 5.82. The number of hydrogen-bond acceptors (Lipinski definition) is 6. The number of methoxy groups -OCH3 is 1. The summed E-state index contributed by atoms with van der Waals surface area (Å²) in [7, 11) is 1.66. The molecule has 1 fully saturated rings. The summed E-state index contributed by atoms with van der Waals surface area (Å²) in [4.78, 5) is 12.0. The molecule has 148 valence electrons. The summed E-state index contributed by atoms with van der Waals surface area (Å²) in [5.74, 6) is 1.30. The fourth-order valence-electron chi connectivity index (χ4n) is 3.57. The Morgan fingerprint density at radius 2 is 1.86 bits per heavy atom. The lowest BCUT2D eigenvalue weighted by Gasteiger charge is -2.36. The molecule has 29 heavy (non-hydrogen) atoms. The number of rotatable bonds is 5. The normalized spacial score (nSPS) is 15.8. The van der Waals surface area contributed by atoms with E-state index >= 15 is 0 Å². The molecular weight excluding hydrogens is 366 g/mol. The number of H-pyrrole nitrogens is 1. The Labute approximate surface area is 169 Å². The Morgan fingerprint density at radius 3 is 2.52 bits per heavy atom. The van der Waals surface area contributed by atoms with Crippen molar-refractivity contribution in [2.24, 2.45) is 0 Å². The van der Waals surface area contributed by atoms with Crippen molar-refractivity contribution < 1.29 is 9.84 Å². The molecule has 2 N–H and O–H groups in total. The number of allylic oxidation sites excluding steroid dienone is 1. The average molecular weight is 389 g/mol. The number of piperazine rings is 1. The molecule has 0 aliphatic carbocycles. The van der Waals surface area contributed by atoms with Crippen LogP contribution in [0.2, 0.25) is 0 Å². The van der Waals surface area contributed by atoms with Crippen molar-refractivity contribution in [2.45, 2.75) is 0 Å². The fourth-order valence-corrected chi connectivity index (χ4v) is 3.57. The van der Waals surface area contributed by atoms with Crippen LogP contribution in [0.15, 0.2) is 54.3 Å². The number of anilines is 1. The Kier molecular flexibility index (Phi) is 5.36. The SMILES string of the molecule is COc1ccc(N2CCN(C/C(O)=C(\C#N)c3nc4ccccc4[nH]3)CC2)cc1. The van der Waals surface area contributed by atoms with Gasteiger partial charge < -0.3 is 19.7 Å². The average Bonchev–Trinajstić information content (AvgIpc) is 3.18. The molecule has 1 saturated heterocycles. The van der Waals surface area contributed by atoms with Gasteiger partial charge in [-0.05, 0) is 36.4 Å². The van der Waals surface area contributed by atoms with E-state index in [0.717, 1.165) is 48.6 Å². The van der Waals surface area contributed by atoms with Crippen LogP contribution in [-0.4, -0.2) is 59.8 Å². The largest absolute Gasteiger partial charge is 0.509 e. The Morgan fingerprint density at radius 1 is 1.14 bits per heavy atom. The lowest BCUT2D eigenvalue weighted by Crippen LogP contribution is -2.47. The number of aliphatic hydroxyl groups is 1. The molecule has 0 bridgehead atoms. The number of aliphatic hydroxyl groups excluding tert-OH is 1. The van der Waals surface area contributed by atoms with Gasteiger partial charge >= 0.3 is 0 Å². The molecule has 2 aromatic carbocycles. The van der Waals surface area contributed by atoms with E-state index < -0.39 is 0 Å². The maximum absolute atomic E-state index is 10.6. The smallest absolute Gasteiger partial charge is 0.152 e. The summed E-state index contributed by atoms with van der Waals surface area (Å²) >= 11 is 0. The van der Waals surface area contributed by atoms with Gasteiger partial charge in [0, 0.05) is 31.9 Å². The van der Waals surface area contributed by atoms with E-state index in [1.807, 2.05) is 36.4 Å². The van der Waals surface area contributed by atoms with Crippen molar-refractivity contribution in [2.75, 3.05) is 44.7 Å². The second kappa shape index (κ2) is 8.25. The number of aromatic nitrogens is 2. The van der Waals surface area contributed by atoms with E-state index in [2.05, 4.69) is 38.0 Å². The van der Waals surface area contributed by atoms with Crippen molar-refractivity contribution in [3.05, 3.63) is 60.1 Å². The molecule has 0 radical (unpaired) electrons. The molecule has 7 heteroatoms. The number of nitrogens with zero attached hydrogens (tertiary/aromatic N) is 4. The van der Waals surface area contributed by atoms with Gasteiger partial charge in [-0.2, -0.15) is 5.26 Å². The standard InChI is InChI=1S/C22H23N5O2/c1-29-17-8-6-16(7-9-17)27-12-10-26(11-13-27)15-21(28)18(14-23)22-24-19-4-2-3-5-20(19)25-22/h2-9,28H,10-13,15H2,1H3,(H,24,25)/b21-18-. The van der Waals surface area contributed by atoms with Crippen LogP contribution in [0.1, 0.15) is 5.82 Å². The summed E-state index contributed by atoms with van der Waals surface area (Å²) in [6, 6.07) is 17.7. The molecule has 0 spiro atoms. The van der Waals surface area contributed by atoms with Crippen molar-refractivity contribution >= 4 is 22.3 Å². The zero-order chi connectivity index (χ0) is 20.2. The zero-order valence-electron chi connectivity index (χ0n) is 16.3. The second-order valence-electron chi connectivity index (χ2n) is 7.00. The second-order valence-corrected chi connectivity index (χ2v) is 7.00. The van der Waals surface area contributed by atoms with Crippen LogP contribution in [-0.2, 0) is 0 Å². The molecular formula is C22H23N5O2. The molecule has 1 aliphatic rings. The number of imidazole rings is 1. The minimum Gasteiger partial charge on any atom is -0.509 e. The van der Waals surface area contributed by atoms with E-state index in [1.165, 1.54) is 0 Å². The molecule has 3 aromatic rings. The maximum atomic E-state index is 10.6. The van der Waals surface area contributed by atoms with Crippen LogP contribution in [0, 0.1) is 11.3 Å². The third-order valence-electron chi connectivity index (χ3n) is 5.21. The van der Waals surface area contributed by atoms with Gasteiger partial charge in [-0.1, -0.05) is 12.1 Å². The predicted octanol–water partition coefficient (Wildman–Crippen LogP) is 3.19. The van der Waals surface area contributed by atoms with Gasteiger partial charge in [0.25, 0.3) is 0 Å². The molecule has 0 saturated carbocycles. The molecule has 4 rings (SSSR count). The quantitative estimate of drug-likeness (QED) is 0.515. The lowest BCUT2D eigenvalue weighted by atomic mass is 10.2. The summed E-state index contributed by atoms with van der Waals surface area (Å²) in [6.45, 7) is 3.64. The van der Waals surface area contributed by atoms with Crippen LogP contribution in [0.25, 0.3) is 16.6 Å². The van der Waals surface area contributed by atoms with E-state index in [9.17, 15) is 10.4 Å². The molecule has 7 nitrogen and oxygen atoms in total. The third kappa shape index (κ3) is 4.03. The minimum absolute atomic E-state index is 0.0458. The van der Waals surface area contributed by atoms with Gasteiger partial charge in [0.05, 0.1) is 24.7 Å². The molecule has 2 heterocycles. The number of fused-ring (bicyclic) bond motifs is 1. The molecule has 1 aromatic heterocycles. The van der Waals surface area contributed by atoms with Gasteiger partial charge in [-0.25, -0.2) is 4.98 Å². The summed E-state index contributed by atoms with van der Waals surface area (Å²) in [5, 5.41) is 20.2. The van der Waals surface area contributed by atoms with E-state index in [-0.39, 0.29) is 11.3 Å². The Balaban J connectivity index is 1.42. The first-order valence-corrected chi connectivity index (χ1v) is 9.56. The first-order chi connectivity index (χ1) is 14.2. The van der Waals surface area contributed by atoms with Gasteiger partial charge in [-0.15, -0.1) is 0 Å². The molecule has 0 atom stereocenters. The highest BCUT2D eigenvalue weighted by Gasteiger charge is 2.20. The Bertz CT molecular complexity index is 1020. The topological polar surface area (TPSA) is 88.4 Å². The van der Waals surface area contributed by atoms with Crippen molar-refractivity contribution in [3.8, 4) is 11.8 Å². The summed E-state index contributed by atoms with van der Waals surface area (Å²) < 4.78 is 5.21.